The molecule has 1 heterocycles. The Morgan fingerprint density at radius 3 is 2.79 bits per heavy atom. The Morgan fingerprint density at radius 1 is 1.50 bits per heavy atom. The Hall–Kier alpha value is -0.560. The number of aromatic nitrogens is 1. The number of rotatable bonds is 2. The van der Waals surface area contributed by atoms with Crippen LogP contribution in [-0.4, -0.2) is 22.2 Å². The van der Waals surface area contributed by atoms with Gasteiger partial charge in [-0.1, -0.05) is 0 Å². The monoisotopic (exact) mass is 305 g/mol. The predicted octanol–water partition coefficient (Wildman–Crippen LogP) is 1.20. The predicted molar refractivity (Wildman–Crippen MR) is 64.0 cm³/mol. The van der Waals surface area contributed by atoms with Crippen LogP contribution in [0.3, 0.4) is 0 Å². The normalized spacial score (nSPS) is 25.6. The van der Waals surface area contributed by atoms with Gasteiger partial charge in [0.2, 0.25) is 0 Å². The van der Waals surface area contributed by atoms with Crippen molar-refractivity contribution in [3.63, 3.8) is 0 Å². The zero-order chi connectivity index (χ0) is 10.1. The number of nitrogen functional groups attached to an aromatic ring is 1. The topological polar surface area (TPSA) is 71.2 Å². The molecule has 76 valence electrons. The van der Waals surface area contributed by atoms with Crippen LogP contribution in [0.5, 0.6) is 0 Å². The van der Waals surface area contributed by atoms with Crippen LogP contribution in [0.2, 0.25) is 0 Å². The summed E-state index contributed by atoms with van der Waals surface area (Å²) in [7, 11) is 0. The van der Waals surface area contributed by atoms with Crippen molar-refractivity contribution in [3.8, 4) is 0 Å². The Balaban J connectivity index is 2.02. The van der Waals surface area contributed by atoms with Crippen molar-refractivity contribution >= 4 is 34.2 Å². The lowest BCUT2D eigenvalue weighted by atomic mass is 9.89. The van der Waals surface area contributed by atoms with Crippen LogP contribution >= 0.6 is 22.6 Å². The number of nitrogens with one attached hydrogen (secondary N) is 1. The zero-order valence-electron chi connectivity index (χ0n) is 7.57. The lowest BCUT2D eigenvalue weighted by molar-refractivity contribution is 0.0835. The van der Waals surface area contributed by atoms with Gasteiger partial charge in [0.15, 0.2) is 0 Å². The number of anilines is 2. The quantitative estimate of drug-likeness (QED) is 0.718. The Kier molecular flexibility index (Phi) is 2.78. The highest BCUT2D eigenvalue weighted by Gasteiger charge is 2.27. The molecule has 1 aliphatic carbocycles. The molecule has 0 radical (unpaired) electrons. The minimum Gasteiger partial charge on any atom is -0.393 e. The van der Waals surface area contributed by atoms with Gasteiger partial charge in [0, 0.05) is 9.61 Å². The third kappa shape index (κ3) is 2.27. The van der Waals surface area contributed by atoms with Crippen molar-refractivity contribution in [2.75, 3.05) is 11.1 Å². The second-order valence-electron chi connectivity index (χ2n) is 3.56. The van der Waals surface area contributed by atoms with E-state index in [2.05, 4.69) is 32.9 Å². The first-order valence-electron chi connectivity index (χ1n) is 4.51. The standard InChI is InChI=1S/C9H12IN3O/c10-5-1-8(11)13-9(2-5)12-6-3-7(14)4-6/h1-2,6-7,14H,3-4H2,(H3,11,12,13). The van der Waals surface area contributed by atoms with E-state index in [1.807, 2.05) is 12.1 Å². The van der Waals surface area contributed by atoms with E-state index in [1.54, 1.807) is 0 Å². The second-order valence-corrected chi connectivity index (χ2v) is 4.81. The minimum atomic E-state index is -0.146. The molecule has 0 saturated heterocycles. The number of nitrogens with two attached hydrogens (primary N) is 1. The van der Waals surface area contributed by atoms with E-state index in [-0.39, 0.29) is 6.10 Å². The number of nitrogens with zero attached hydrogens (tertiary/aromatic N) is 1. The smallest absolute Gasteiger partial charge is 0.129 e. The third-order valence-electron chi connectivity index (χ3n) is 2.28. The van der Waals surface area contributed by atoms with E-state index in [1.165, 1.54) is 0 Å². The summed E-state index contributed by atoms with van der Waals surface area (Å²) < 4.78 is 1.07. The molecule has 0 atom stereocenters. The fraction of sp³-hybridized carbons (Fsp3) is 0.444. The summed E-state index contributed by atoms with van der Waals surface area (Å²) in [6.07, 6.45) is 1.45. The Morgan fingerprint density at radius 2 is 2.21 bits per heavy atom. The molecule has 1 aliphatic rings. The number of hydrogen-bond donors (Lipinski definition) is 3. The Labute approximate surface area is 96.1 Å². The van der Waals surface area contributed by atoms with Crippen LogP contribution in [0.4, 0.5) is 11.6 Å². The summed E-state index contributed by atoms with van der Waals surface area (Å²) in [5.74, 6) is 1.32. The van der Waals surface area contributed by atoms with Crippen LogP contribution in [0, 0.1) is 3.57 Å². The summed E-state index contributed by atoms with van der Waals surface area (Å²) >= 11 is 2.20. The third-order valence-corrected chi connectivity index (χ3v) is 2.90. The van der Waals surface area contributed by atoms with Gasteiger partial charge in [-0.25, -0.2) is 4.98 Å². The number of halogens is 1. The molecule has 5 heteroatoms. The van der Waals surface area contributed by atoms with Gasteiger partial charge in [0.1, 0.15) is 11.6 Å². The average molecular weight is 305 g/mol. The van der Waals surface area contributed by atoms with Crippen molar-refractivity contribution in [1.29, 1.82) is 0 Å². The fourth-order valence-electron chi connectivity index (χ4n) is 1.51. The first-order valence-corrected chi connectivity index (χ1v) is 5.59. The van der Waals surface area contributed by atoms with Crippen LogP contribution in [-0.2, 0) is 0 Å². The van der Waals surface area contributed by atoms with E-state index < -0.39 is 0 Å². The zero-order valence-corrected chi connectivity index (χ0v) is 9.73. The van der Waals surface area contributed by atoms with Crippen LogP contribution in [0.15, 0.2) is 12.1 Å². The minimum absolute atomic E-state index is 0.146. The van der Waals surface area contributed by atoms with Crippen molar-refractivity contribution < 1.29 is 5.11 Å². The fourth-order valence-corrected chi connectivity index (χ4v) is 2.12. The van der Waals surface area contributed by atoms with E-state index in [4.69, 9.17) is 10.8 Å². The molecule has 0 bridgehead atoms. The molecule has 1 aromatic rings. The van der Waals surface area contributed by atoms with Gasteiger partial charge >= 0.3 is 0 Å². The molecule has 1 aromatic heterocycles. The molecule has 0 aromatic carbocycles. The first-order chi connectivity index (χ1) is 6.63. The highest BCUT2D eigenvalue weighted by Crippen LogP contribution is 2.24. The van der Waals surface area contributed by atoms with E-state index in [0.717, 1.165) is 22.2 Å². The lowest BCUT2D eigenvalue weighted by Crippen LogP contribution is -2.39. The molecule has 4 nitrogen and oxygen atoms in total. The van der Waals surface area contributed by atoms with E-state index >= 15 is 0 Å². The van der Waals surface area contributed by atoms with Gasteiger partial charge in [0.05, 0.1) is 6.10 Å². The summed E-state index contributed by atoms with van der Waals surface area (Å²) in [5, 5.41) is 12.4. The maximum atomic E-state index is 9.12. The molecule has 1 saturated carbocycles. The molecule has 1 fully saturated rings. The summed E-state index contributed by atoms with van der Waals surface area (Å²) in [6.45, 7) is 0. The van der Waals surface area contributed by atoms with E-state index in [0.29, 0.717) is 11.9 Å². The number of hydrogen-bond acceptors (Lipinski definition) is 4. The van der Waals surface area contributed by atoms with Gasteiger partial charge in [0.25, 0.3) is 0 Å². The molecule has 0 unspecified atom stereocenters. The van der Waals surface area contributed by atoms with Crippen LogP contribution in [0.1, 0.15) is 12.8 Å². The molecule has 0 spiro atoms. The van der Waals surface area contributed by atoms with Crippen molar-refractivity contribution in [1.82, 2.24) is 4.98 Å². The second kappa shape index (κ2) is 3.90. The van der Waals surface area contributed by atoms with Crippen LogP contribution < -0.4 is 11.1 Å². The molecular formula is C9H12IN3O. The molecule has 0 aliphatic heterocycles. The van der Waals surface area contributed by atoms with Gasteiger partial charge in [-0.15, -0.1) is 0 Å². The maximum absolute atomic E-state index is 9.12. The van der Waals surface area contributed by atoms with Gasteiger partial charge < -0.3 is 16.2 Å². The van der Waals surface area contributed by atoms with Crippen molar-refractivity contribution in [3.05, 3.63) is 15.7 Å². The molecule has 2 rings (SSSR count). The maximum Gasteiger partial charge on any atom is 0.129 e. The molecule has 14 heavy (non-hydrogen) atoms. The first kappa shape index (κ1) is 9.97. The highest BCUT2D eigenvalue weighted by atomic mass is 127. The molecular weight excluding hydrogens is 293 g/mol. The van der Waals surface area contributed by atoms with Crippen molar-refractivity contribution in [2.45, 2.75) is 25.0 Å². The number of aliphatic hydroxyl groups excluding tert-OH is 1. The SMILES string of the molecule is Nc1cc(I)cc(NC2CC(O)C2)n1. The average Bonchev–Trinajstić information content (AvgIpc) is 1.99. The highest BCUT2D eigenvalue weighted by molar-refractivity contribution is 14.1. The van der Waals surface area contributed by atoms with Crippen LogP contribution in [0.25, 0.3) is 0 Å². The Bertz CT molecular complexity index is 319. The summed E-state index contributed by atoms with van der Waals surface area (Å²) in [6, 6.07) is 4.11. The van der Waals surface area contributed by atoms with E-state index in [9.17, 15) is 0 Å². The largest absolute Gasteiger partial charge is 0.393 e. The van der Waals surface area contributed by atoms with Crippen molar-refractivity contribution in [2.24, 2.45) is 0 Å². The van der Waals surface area contributed by atoms with Gasteiger partial charge in [-0.05, 0) is 47.6 Å². The number of pyridine rings is 1. The number of aliphatic hydroxyl groups is 1. The lowest BCUT2D eigenvalue weighted by Gasteiger charge is -2.32. The van der Waals surface area contributed by atoms with Gasteiger partial charge in [-0.2, -0.15) is 0 Å². The molecule has 0 amide bonds. The summed E-state index contributed by atoms with van der Waals surface area (Å²) in [4.78, 5) is 4.16. The molecule has 4 N–H and O–H groups in total. The summed E-state index contributed by atoms with van der Waals surface area (Å²) in [5.41, 5.74) is 5.62. The van der Waals surface area contributed by atoms with Gasteiger partial charge in [-0.3, -0.25) is 0 Å².